The molecule has 0 aliphatic carbocycles. The predicted octanol–water partition coefficient (Wildman–Crippen LogP) is 0.505. The maximum Gasteiger partial charge on any atom is 0.242 e. The normalized spacial score (nSPS) is 11.6. The van der Waals surface area contributed by atoms with Crippen molar-refractivity contribution in [3.8, 4) is 0 Å². The minimum absolute atomic E-state index is 0.0424. The Morgan fingerprint density at radius 3 is 2.80 bits per heavy atom. The van der Waals surface area contributed by atoms with Gasteiger partial charge in [0.25, 0.3) is 0 Å². The van der Waals surface area contributed by atoms with E-state index in [1.165, 1.54) is 18.5 Å². The van der Waals surface area contributed by atoms with Crippen LogP contribution in [0.5, 0.6) is 0 Å². The maximum absolute atomic E-state index is 11.6. The predicted molar refractivity (Wildman–Crippen MR) is 58.8 cm³/mol. The molecule has 1 aromatic rings. The molecule has 0 unspecified atom stereocenters. The smallest absolute Gasteiger partial charge is 0.242 e. The Morgan fingerprint density at radius 2 is 2.20 bits per heavy atom. The molecule has 84 valence electrons. The molecule has 1 aromatic heterocycles. The van der Waals surface area contributed by atoms with E-state index >= 15 is 0 Å². The molecular weight excluding hydrogens is 284 g/mol. The number of nitrogens with one attached hydrogen (secondary N) is 1. The zero-order valence-corrected chi connectivity index (χ0v) is 10.3. The first-order valence-electron chi connectivity index (χ1n) is 4.27. The van der Waals surface area contributed by atoms with Crippen molar-refractivity contribution < 1.29 is 13.5 Å². The van der Waals surface area contributed by atoms with Crippen molar-refractivity contribution >= 4 is 26.0 Å². The number of aliphatic hydroxyl groups is 1. The third-order valence-corrected chi connectivity index (χ3v) is 3.48. The Balaban J connectivity index is 2.77. The van der Waals surface area contributed by atoms with Crippen molar-refractivity contribution in [3.05, 3.63) is 22.9 Å². The molecule has 0 aromatic carbocycles. The van der Waals surface area contributed by atoms with Crippen molar-refractivity contribution in [1.82, 2.24) is 9.71 Å². The van der Waals surface area contributed by atoms with E-state index in [2.05, 4.69) is 25.6 Å². The lowest BCUT2D eigenvalue weighted by Gasteiger charge is -2.05. The summed E-state index contributed by atoms with van der Waals surface area (Å²) in [6.45, 7) is 0.171. The van der Waals surface area contributed by atoms with Crippen molar-refractivity contribution in [1.29, 1.82) is 0 Å². The minimum Gasteiger partial charge on any atom is -0.396 e. The van der Waals surface area contributed by atoms with E-state index in [9.17, 15) is 8.42 Å². The van der Waals surface area contributed by atoms with Crippen LogP contribution in [-0.2, 0) is 10.0 Å². The van der Waals surface area contributed by atoms with Crippen LogP contribution in [0.2, 0.25) is 0 Å². The largest absolute Gasteiger partial charge is 0.396 e. The Labute approximate surface area is 96.7 Å². The Hall–Kier alpha value is -0.500. The second kappa shape index (κ2) is 5.55. The fourth-order valence-corrected chi connectivity index (χ4v) is 2.49. The van der Waals surface area contributed by atoms with Crippen LogP contribution >= 0.6 is 15.9 Å². The van der Waals surface area contributed by atoms with Crippen LogP contribution < -0.4 is 4.72 Å². The van der Waals surface area contributed by atoms with E-state index in [1.54, 1.807) is 0 Å². The van der Waals surface area contributed by atoms with Gasteiger partial charge in [-0.1, -0.05) is 0 Å². The highest BCUT2D eigenvalue weighted by atomic mass is 79.9. The van der Waals surface area contributed by atoms with Gasteiger partial charge in [0.1, 0.15) is 4.90 Å². The summed E-state index contributed by atoms with van der Waals surface area (Å²) in [4.78, 5) is 3.87. The molecule has 1 heterocycles. The molecule has 0 aliphatic heterocycles. The Kier molecular flexibility index (Phi) is 4.65. The average Bonchev–Trinajstić information content (AvgIpc) is 2.18. The summed E-state index contributed by atoms with van der Waals surface area (Å²) in [6.07, 6.45) is 3.17. The van der Waals surface area contributed by atoms with E-state index in [1.807, 2.05) is 0 Å². The van der Waals surface area contributed by atoms with Gasteiger partial charge in [-0.2, -0.15) is 0 Å². The fourth-order valence-electron chi connectivity index (χ4n) is 0.908. The number of aliphatic hydroxyl groups excluding tert-OH is 1. The van der Waals surface area contributed by atoms with Gasteiger partial charge in [0.15, 0.2) is 0 Å². The van der Waals surface area contributed by atoms with Crippen LogP contribution in [0, 0.1) is 0 Å². The first kappa shape index (κ1) is 12.6. The van der Waals surface area contributed by atoms with Gasteiger partial charge in [0, 0.05) is 30.0 Å². The summed E-state index contributed by atoms with van der Waals surface area (Å²) in [5.41, 5.74) is 0. The quantitative estimate of drug-likeness (QED) is 0.776. The lowest BCUT2D eigenvalue weighted by Crippen LogP contribution is -2.25. The second-order valence-electron chi connectivity index (χ2n) is 2.81. The van der Waals surface area contributed by atoms with Crippen LogP contribution in [0.3, 0.4) is 0 Å². The van der Waals surface area contributed by atoms with Crippen LogP contribution in [0.1, 0.15) is 6.42 Å². The molecule has 0 saturated heterocycles. The van der Waals surface area contributed by atoms with E-state index in [0.717, 1.165) is 0 Å². The first-order chi connectivity index (χ1) is 7.06. The van der Waals surface area contributed by atoms with Gasteiger partial charge in [0.05, 0.1) is 0 Å². The van der Waals surface area contributed by atoms with Gasteiger partial charge in [-0.25, -0.2) is 13.1 Å². The summed E-state index contributed by atoms with van der Waals surface area (Å²) in [7, 11) is -3.51. The molecule has 7 heteroatoms. The SMILES string of the molecule is O=S(=O)(NCCCO)c1cncc(Br)c1. The summed E-state index contributed by atoms with van der Waals surface area (Å²) in [5, 5.41) is 8.52. The lowest BCUT2D eigenvalue weighted by atomic mass is 10.5. The number of sulfonamides is 1. The minimum atomic E-state index is -3.51. The van der Waals surface area contributed by atoms with E-state index in [0.29, 0.717) is 10.9 Å². The number of rotatable bonds is 5. The van der Waals surface area contributed by atoms with Crippen molar-refractivity contribution in [2.75, 3.05) is 13.2 Å². The molecule has 2 N–H and O–H groups in total. The molecule has 1 rings (SSSR count). The van der Waals surface area contributed by atoms with Crippen molar-refractivity contribution in [2.24, 2.45) is 0 Å². The van der Waals surface area contributed by atoms with Crippen LogP contribution in [0.15, 0.2) is 27.8 Å². The summed E-state index contributed by atoms with van der Waals surface area (Å²) in [6, 6.07) is 1.47. The first-order valence-corrected chi connectivity index (χ1v) is 6.55. The molecule has 0 amide bonds. The second-order valence-corrected chi connectivity index (χ2v) is 5.50. The number of hydrogen-bond donors (Lipinski definition) is 2. The van der Waals surface area contributed by atoms with Gasteiger partial charge >= 0.3 is 0 Å². The summed E-state index contributed by atoms with van der Waals surface area (Å²) < 4.78 is 26.2. The molecule has 0 radical (unpaired) electrons. The highest BCUT2D eigenvalue weighted by Crippen LogP contribution is 2.13. The summed E-state index contributed by atoms with van der Waals surface area (Å²) in [5.74, 6) is 0. The highest BCUT2D eigenvalue weighted by molar-refractivity contribution is 9.10. The molecule has 5 nitrogen and oxygen atoms in total. The third kappa shape index (κ3) is 3.86. The highest BCUT2D eigenvalue weighted by Gasteiger charge is 2.13. The van der Waals surface area contributed by atoms with E-state index < -0.39 is 10.0 Å². The number of pyridine rings is 1. The monoisotopic (exact) mass is 294 g/mol. The topological polar surface area (TPSA) is 79.3 Å². The van der Waals surface area contributed by atoms with Gasteiger partial charge in [-0.05, 0) is 28.4 Å². The van der Waals surface area contributed by atoms with Crippen LogP contribution in [0.4, 0.5) is 0 Å². The average molecular weight is 295 g/mol. The van der Waals surface area contributed by atoms with Gasteiger partial charge in [-0.15, -0.1) is 0 Å². The zero-order chi connectivity index (χ0) is 11.3. The van der Waals surface area contributed by atoms with E-state index in [-0.39, 0.29) is 18.0 Å². The van der Waals surface area contributed by atoms with Gasteiger partial charge in [-0.3, -0.25) is 4.98 Å². The molecular formula is C8H11BrN2O3S. The molecule has 0 saturated carbocycles. The third-order valence-electron chi connectivity index (χ3n) is 1.62. The Morgan fingerprint density at radius 1 is 1.47 bits per heavy atom. The van der Waals surface area contributed by atoms with Crippen LogP contribution in [-0.4, -0.2) is 31.7 Å². The van der Waals surface area contributed by atoms with E-state index in [4.69, 9.17) is 5.11 Å². The molecule has 15 heavy (non-hydrogen) atoms. The Bertz CT molecular complexity index is 422. The number of halogens is 1. The lowest BCUT2D eigenvalue weighted by molar-refractivity contribution is 0.289. The number of aromatic nitrogens is 1. The molecule has 0 spiro atoms. The molecule has 0 atom stereocenters. The van der Waals surface area contributed by atoms with Crippen molar-refractivity contribution in [3.63, 3.8) is 0 Å². The molecule has 0 aliphatic rings. The number of hydrogen-bond acceptors (Lipinski definition) is 4. The maximum atomic E-state index is 11.6. The fraction of sp³-hybridized carbons (Fsp3) is 0.375. The van der Waals surface area contributed by atoms with Gasteiger partial charge in [0.2, 0.25) is 10.0 Å². The molecule has 0 bridgehead atoms. The van der Waals surface area contributed by atoms with Crippen LogP contribution in [0.25, 0.3) is 0 Å². The number of nitrogens with zero attached hydrogens (tertiary/aromatic N) is 1. The molecule has 0 fully saturated rings. The zero-order valence-electron chi connectivity index (χ0n) is 7.85. The summed E-state index contributed by atoms with van der Waals surface area (Å²) >= 11 is 3.14. The standard InChI is InChI=1S/C8H11BrN2O3S/c9-7-4-8(6-10-5-7)15(13,14)11-2-1-3-12/h4-6,11-12H,1-3H2. The van der Waals surface area contributed by atoms with Crippen molar-refractivity contribution in [2.45, 2.75) is 11.3 Å². The van der Waals surface area contributed by atoms with Gasteiger partial charge < -0.3 is 5.11 Å².